The number of carbonyl (C=O) groups is 1. The van der Waals surface area contributed by atoms with Crippen molar-refractivity contribution >= 4 is 28.8 Å². The Kier molecular flexibility index (Phi) is 7.11. The van der Waals surface area contributed by atoms with E-state index in [0.29, 0.717) is 13.1 Å². The predicted octanol–water partition coefficient (Wildman–Crippen LogP) is 3.73. The number of rotatable bonds is 8. The third-order valence-electron chi connectivity index (χ3n) is 3.75. The summed E-state index contributed by atoms with van der Waals surface area (Å²) in [6.45, 7) is 2.90. The molecule has 0 aliphatic carbocycles. The van der Waals surface area contributed by atoms with Gasteiger partial charge < -0.3 is 14.8 Å². The van der Waals surface area contributed by atoms with Crippen LogP contribution in [-0.4, -0.2) is 38.6 Å². The van der Waals surface area contributed by atoms with E-state index in [1.165, 1.54) is 11.3 Å². The lowest BCUT2D eigenvalue weighted by Crippen LogP contribution is -2.36. The summed E-state index contributed by atoms with van der Waals surface area (Å²) in [6.07, 6.45) is 0. The molecular weight excluding hydrogens is 360 g/mol. The van der Waals surface area contributed by atoms with Gasteiger partial charge in [0.05, 0.1) is 31.1 Å². The standard InChI is InChI=1S/C18H23ClN2O3S/c1-12(15-9-13(23-3)5-7-16(15)24-4)20-18(22)11-21(2)10-14-6-8-17(19)25-14/h5-9,12H,10-11H2,1-4H3,(H,20,22). The molecule has 5 nitrogen and oxygen atoms in total. The maximum atomic E-state index is 12.3. The molecule has 1 unspecified atom stereocenters. The fourth-order valence-corrected chi connectivity index (χ4v) is 3.71. The van der Waals surface area contributed by atoms with Crippen LogP contribution >= 0.6 is 22.9 Å². The highest BCUT2D eigenvalue weighted by Gasteiger charge is 2.16. The van der Waals surface area contributed by atoms with E-state index >= 15 is 0 Å². The van der Waals surface area contributed by atoms with Gasteiger partial charge >= 0.3 is 0 Å². The summed E-state index contributed by atoms with van der Waals surface area (Å²) in [7, 11) is 5.13. The number of halogens is 1. The third kappa shape index (κ3) is 5.63. The Labute approximate surface area is 157 Å². The van der Waals surface area contributed by atoms with E-state index < -0.39 is 0 Å². The number of carbonyl (C=O) groups excluding carboxylic acids is 1. The van der Waals surface area contributed by atoms with Gasteiger partial charge in [0.2, 0.25) is 5.91 Å². The molecule has 2 aromatic rings. The number of likely N-dealkylation sites (N-methyl/N-ethyl adjacent to an activating group) is 1. The number of ether oxygens (including phenoxy) is 2. The minimum atomic E-state index is -0.192. The second-order valence-electron chi connectivity index (χ2n) is 5.78. The fourth-order valence-electron chi connectivity index (χ4n) is 2.55. The van der Waals surface area contributed by atoms with Crippen molar-refractivity contribution in [3.05, 3.63) is 45.1 Å². The van der Waals surface area contributed by atoms with Crippen LogP contribution in [0, 0.1) is 0 Å². The quantitative estimate of drug-likeness (QED) is 0.755. The van der Waals surface area contributed by atoms with Crippen molar-refractivity contribution in [2.24, 2.45) is 0 Å². The molecule has 0 spiro atoms. The van der Waals surface area contributed by atoms with E-state index in [9.17, 15) is 4.79 Å². The molecule has 1 amide bonds. The monoisotopic (exact) mass is 382 g/mol. The van der Waals surface area contributed by atoms with Crippen molar-refractivity contribution in [2.45, 2.75) is 19.5 Å². The largest absolute Gasteiger partial charge is 0.497 e. The predicted molar refractivity (Wildman–Crippen MR) is 102 cm³/mol. The van der Waals surface area contributed by atoms with E-state index in [4.69, 9.17) is 21.1 Å². The minimum absolute atomic E-state index is 0.0532. The highest BCUT2D eigenvalue weighted by molar-refractivity contribution is 7.16. The van der Waals surface area contributed by atoms with Gasteiger partial charge in [-0.05, 0) is 44.3 Å². The number of methoxy groups -OCH3 is 2. The van der Waals surface area contributed by atoms with Crippen LogP contribution in [0.5, 0.6) is 11.5 Å². The van der Waals surface area contributed by atoms with Gasteiger partial charge in [0.25, 0.3) is 0 Å². The highest BCUT2D eigenvalue weighted by Crippen LogP contribution is 2.29. The first-order valence-electron chi connectivity index (χ1n) is 7.87. The maximum absolute atomic E-state index is 12.3. The van der Waals surface area contributed by atoms with Gasteiger partial charge in [-0.15, -0.1) is 11.3 Å². The second kappa shape index (κ2) is 9.08. The van der Waals surface area contributed by atoms with Crippen LogP contribution in [0.25, 0.3) is 0 Å². The number of thiophene rings is 1. The molecule has 0 radical (unpaired) electrons. The molecule has 0 fully saturated rings. The van der Waals surface area contributed by atoms with Gasteiger partial charge in [0, 0.05) is 17.0 Å². The number of hydrogen-bond acceptors (Lipinski definition) is 5. The maximum Gasteiger partial charge on any atom is 0.234 e. The van der Waals surface area contributed by atoms with Gasteiger partial charge in [-0.1, -0.05) is 11.6 Å². The van der Waals surface area contributed by atoms with Crippen LogP contribution in [0.3, 0.4) is 0 Å². The molecule has 0 saturated carbocycles. The van der Waals surface area contributed by atoms with Crippen LogP contribution in [0.1, 0.15) is 23.4 Å². The average molecular weight is 383 g/mol. The van der Waals surface area contributed by atoms with Crippen LogP contribution in [-0.2, 0) is 11.3 Å². The summed E-state index contributed by atoms with van der Waals surface area (Å²) in [5.74, 6) is 1.39. The summed E-state index contributed by atoms with van der Waals surface area (Å²) in [5.41, 5.74) is 0.878. The van der Waals surface area contributed by atoms with Crippen molar-refractivity contribution in [1.82, 2.24) is 10.2 Å². The number of nitrogens with zero attached hydrogens (tertiary/aromatic N) is 1. The molecule has 1 atom stereocenters. The van der Waals surface area contributed by atoms with E-state index in [1.54, 1.807) is 14.2 Å². The van der Waals surface area contributed by atoms with Gasteiger partial charge in [-0.2, -0.15) is 0 Å². The fraction of sp³-hybridized carbons (Fsp3) is 0.389. The molecular formula is C18H23ClN2O3S. The smallest absolute Gasteiger partial charge is 0.234 e. The number of benzene rings is 1. The Morgan fingerprint density at radius 2 is 2.04 bits per heavy atom. The Morgan fingerprint density at radius 1 is 1.28 bits per heavy atom. The molecule has 25 heavy (non-hydrogen) atoms. The number of hydrogen-bond donors (Lipinski definition) is 1. The summed E-state index contributed by atoms with van der Waals surface area (Å²) in [5, 5.41) is 3.01. The molecule has 2 rings (SSSR count). The molecule has 1 heterocycles. The summed E-state index contributed by atoms with van der Waals surface area (Å²) >= 11 is 7.46. The molecule has 1 aromatic carbocycles. The Hall–Kier alpha value is -1.76. The lowest BCUT2D eigenvalue weighted by atomic mass is 10.1. The van der Waals surface area contributed by atoms with Gasteiger partial charge in [-0.3, -0.25) is 9.69 Å². The summed E-state index contributed by atoms with van der Waals surface area (Å²) in [4.78, 5) is 15.4. The zero-order valence-corrected chi connectivity index (χ0v) is 16.4. The molecule has 136 valence electrons. The zero-order valence-electron chi connectivity index (χ0n) is 14.8. The normalized spacial score (nSPS) is 12.1. The van der Waals surface area contributed by atoms with Crippen molar-refractivity contribution in [3.63, 3.8) is 0 Å². The topological polar surface area (TPSA) is 50.8 Å². The molecule has 0 bridgehead atoms. The minimum Gasteiger partial charge on any atom is -0.497 e. The van der Waals surface area contributed by atoms with Crippen molar-refractivity contribution < 1.29 is 14.3 Å². The average Bonchev–Trinajstić information content (AvgIpc) is 2.98. The number of amides is 1. The molecule has 0 saturated heterocycles. The molecule has 1 aromatic heterocycles. The lowest BCUT2D eigenvalue weighted by molar-refractivity contribution is -0.122. The molecule has 0 aliphatic heterocycles. The second-order valence-corrected chi connectivity index (χ2v) is 7.57. The lowest BCUT2D eigenvalue weighted by Gasteiger charge is -2.20. The Balaban J connectivity index is 1.95. The van der Waals surface area contributed by atoms with E-state index in [2.05, 4.69) is 5.32 Å². The van der Waals surface area contributed by atoms with E-state index in [-0.39, 0.29) is 11.9 Å². The van der Waals surface area contributed by atoms with Crippen molar-refractivity contribution in [2.75, 3.05) is 27.8 Å². The first kappa shape index (κ1) is 19.6. The zero-order chi connectivity index (χ0) is 18.4. The molecule has 1 N–H and O–H groups in total. The van der Waals surface area contributed by atoms with Gasteiger partial charge in [-0.25, -0.2) is 0 Å². The van der Waals surface area contributed by atoms with Crippen LogP contribution < -0.4 is 14.8 Å². The third-order valence-corrected chi connectivity index (χ3v) is 4.96. The van der Waals surface area contributed by atoms with E-state index in [0.717, 1.165) is 26.3 Å². The first-order chi connectivity index (χ1) is 11.9. The van der Waals surface area contributed by atoms with Crippen LogP contribution in [0.15, 0.2) is 30.3 Å². The molecule has 0 aliphatic rings. The molecule has 7 heteroatoms. The van der Waals surface area contributed by atoms with Gasteiger partial charge in [0.1, 0.15) is 11.5 Å². The van der Waals surface area contributed by atoms with E-state index in [1.807, 2.05) is 49.2 Å². The van der Waals surface area contributed by atoms with Gasteiger partial charge in [0.15, 0.2) is 0 Å². The Bertz CT molecular complexity index is 720. The van der Waals surface area contributed by atoms with Crippen LogP contribution in [0.2, 0.25) is 4.34 Å². The van der Waals surface area contributed by atoms with Crippen LogP contribution in [0.4, 0.5) is 0 Å². The first-order valence-corrected chi connectivity index (χ1v) is 9.06. The highest BCUT2D eigenvalue weighted by atomic mass is 35.5. The Morgan fingerprint density at radius 3 is 2.64 bits per heavy atom. The number of nitrogens with one attached hydrogen (secondary N) is 1. The SMILES string of the molecule is COc1ccc(OC)c(C(C)NC(=O)CN(C)Cc2ccc(Cl)s2)c1. The summed E-state index contributed by atoms with van der Waals surface area (Å²) in [6, 6.07) is 9.20. The van der Waals surface area contributed by atoms with Crippen molar-refractivity contribution in [1.29, 1.82) is 0 Å². The summed E-state index contributed by atoms with van der Waals surface area (Å²) < 4.78 is 11.4. The van der Waals surface area contributed by atoms with Crippen molar-refractivity contribution in [3.8, 4) is 11.5 Å².